The van der Waals surface area contributed by atoms with E-state index in [0.29, 0.717) is 6.04 Å². The lowest BCUT2D eigenvalue weighted by atomic mass is 9.72. The Morgan fingerprint density at radius 2 is 1.86 bits per heavy atom. The average Bonchev–Trinajstić information content (AvgIpc) is 2.87. The maximum Gasteiger partial charge on any atom is 0.0363 e. The molecule has 1 aromatic carbocycles. The van der Waals surface area contributed by atoms with Gasteiger partial charge in [0.2, 0.25) is 0 Å². The minimum Gasteiger partial charge on any atom is -0.310 e. The van der Waals surface area contributed by atoms with Crippen LogP contribution in [0.1, 0.15) is 51.6 Å². The molecule has 1 aromatic heterocycles. The summed E-state index contributed by atoms with van der Waals surface area (Å²) in [6.45, 7) is 8.14. The van der Waals surface area contributed by atoms with Crippen molar-refractivity contribution in [3.05, 3.63) is 35.2 Å². The monoisotopic (exact) mass is 301 g/mol. The summed E-state index contributed by atoms with van der Waals surface area (Å²) >= 11 is 1.89. The third-order valence-corrected chi connectivity index (χ3v) is 5.94. The van der Waals surface area contributed by atoms with Crippen LogP contribution in [0.25, 0.3) is 10.1 Å². The minimum absolute atomic E-state index is 0.524. The first-order chi connectivity index (χ1) is 10.2. The van der Waals surface area contributed by atoms with Gasteiger partial charge in [0.25, 0.3) is 0 Å². The van der Waals surface area contributed by atoms with Gasteiger partial charge in [0.15, 0.2) is 0 Å². The Hall–Kier alpha value is -0.860. The van der Waals surface area contributed by atoms with Gasteiger partial charge in [-0.3, -0.25) is 0 Å². The van der Waals surface area contributed by atoms with Gasteiger partial charge < -0.3 is 5.32 Å². The molecule has 1 nitrogen and oxygen atoms in total. The van der Waals surface area contributed by atoms with Crippen LogP contribution in [-0.2, 0) is 0 Å². The normalized spacial score (nSPS) is 27.9. The second kappa shape index (κ2) is 6.50. The molecule has 1 fully saturated rings. The maximum atomic E-state index is 3.79. The van der Waals surface area contributed by atoms with Gasteiger partial charge in [0.1, 0.15) is 0 Å². The van der Waals surface area contributed by atoms with Crippen molar-refractivity contribution in [1.29, 1.82) is 0 Å². The first kappa shape index (κ1) is 15.1. The highest BCUT2D eigenvalue weighted by Gasteiger charge is 2.31. The van der Waals surface area contributed by atoms with Gasteiger partial charge in [0.05, 0.1) is 0 Å². The molecule has 114 valence electrons. The van der Waals surface area contributed by atoms with E-state index in [2.05, 4.69) is 55.7 Å². The second-order valence-electron chi connectivity index (χ2n) is 6.90. The van der Waals surface area contributed by atoms with Crippen molar-refractivity contribution in [1.82, 2.24) is 5.32 Å². The van der Waals surface area contributed by atoms with Crippen LogP contribution in [0.2, 0.25) is 0 Å². The largest absolute Gasteiger partial charge is 0.310 e. The third-order valence-electron chi connectivity index (χ3n) is 4.96. The molecule has 0 spiro atoms. The predicted molar refractivity (Wildman–Crippen MR) is 93.9 cm³/mol. The zero-order valence-corrected chi connectivity index (χ0v) is 14.2. The van der Waals surface area contributed by atoms with Crippen molar-refractivity contribution in [3.8, 4) is 0 Å². The first-order valence-corrected chi connectivity index (χ1v) is 9.26. The summed E-state index contributed by atoms with van der Waals surface area (Å²) in [6.07, 6.45) is 4.14. The molecule has 0 amide bonds. The summed E-state index contributed by atoms with van der Waals surface area (Å²) in [5, 5.41) is 7.64. The van der Waals surface area contributed by atoms with Crippen molar-refractivity contribution in [2.45, 2.75) is 46.1 Å². The van der Waals surface area contributed by atoms with Crippen LogP contribution in [-0.4, -0.2) is 6.54 Å². The maximum absolute atomic E-state index is 3.79. The smallest absolute Gasteiger partial charge is 0.0363 e. The van der Waals surface area contributed by atoms with Gasteiger partial charge >= 0.3 is 0 Å². The fourth-order valence-electron chi connectivity index (χ4n) is 4.27. The van der Waals surface area contributed by atoms with E-state index in [9.17, 15) is 0 Å². The Kier molecular flexibility index (Phi) is 4.66. The van der Waals surface area contributed by atoms with E-state index < -0.39 is 0 Å². The summed E-state index contributed by atoms with van der Waals surface area (Å²) in [5.41, 5.74) is 1.53. The summed E-state index contributed by atoms with van der Waals surface area (Å²) in [7, 11) is 0. The Morgan fingerprint density at radius 1 is 1.14 bits per heavy atom. The molecule has 0 saturated heterocycles. The molecule has 1 N–H and O–H groups in total. The predicted octanol–water partition coefficient (Wildman–Crippen LogP) is 5.62. The van der Waals surface area contributed by atoms with Crippen molar-refractivity contribution in [3.63, 3.8) is 0 Å². The average molecular weight is 301 g/mol. The lowest BCUT2D eigenvalue weighted by Crippen LogP contribution is -2.33. The molecule has 1 aliphatic rings. The first-order valence-electron chi connectivity index (χ1n) is 8.38. The zero-order valence-electron chi connectivity index (χ0n) is 13.4. The molecule has 3 unspecified atom stereocenters. The lowest BCUT2D eigenvalue weighted by Gasteiger charge is -2.37. The van der Waals surface area contributed by atoms with Gasteiger partial charge in [-0.05, 0) is 66.0 Å². The topological polar surface area (TPSA) is 12.0 Å². The number of benzene rings is 1. The van der Waals surface area contributed by atoms with Crippen molar-refractivity contribution in [2.24, 2.45) is 17.8 Å². The number of thiophene rings is 1. The quantitative estimate of drug-likeness (QED) is 0.772. The number of hydrogen-bond donors (Lipinski definition) is 1. The SMILES string of the molecule is CCNC(c1csc2ccccc12)C1CC(C)CC(C)C1. The van der Waals surface area contributed by atoms with Crippen molar-refractivity contribution >= 4 is 21.4 Å². The molecule has 3 rings (SSSR count). The van der Waals surface area contributed by atoms with Crippen LogP contribution < -0.4 is 5.32 Å². The second-order valence-corrected chi connectivity index (χ2v) is 7.81. The molecule has 1 saturated carbocycles. The Balaban J connectivity index is 1.93. The molecule has 21 heavy (non-hydrogen) atoms. The summed E-state index contributed by atoms with van der Waals surface area (Å²) < 4.78 is 1.42. The van der Waals surface area contributed by atoms with Crippen LogP contribution >= 0.6 is 11.3 Å². The number of rotatable bonds is 4. The van der Waals surface area contributed by atoms with Crippen LogP contribution in [0, 0.1) is 17.8 Å². The number of hydrogen-bond acceptors (Lipinski definition) is 2. The van der Waals surface area contributed by atoms with Gasteiger partial charge in [-0.1, -0.05) is 39.0 Å². The van der Waals surface area contributed by atoms with E-state index >= 15 is 0 Å². The standard InChI is InChI=1S/C19H27NS/c1-4-20-19(15-10-13(2)9-14(3)11-15)17-12-21-18-8-6-5-7-16(17)18/h5-8,12-15,19-20H,4,9-11H2,1-3H3. The minimum atomic E-state index is 0.524. The van der Waals surface area contributed by atoms with Crippen molar-refractivity contribution < 1.29 is 0 Å². The van der Waals surface area contributed by atoms with Crippen LogP contribution in [0.4, 0.5) is 0 Å². The lowest BCUT2D eigenvalue weighted by molar-refractivity contribution is 0.178. The highest BCUT2D eigenvalue weighted by Crippen LogP contribution is 2.42. The van der Waals surface area contributed by atoms with Gasteiger partial charge in [-0.25, -0.2) is 0 Å². The molecule has 0 radical (unpaired) electrons. The van der Waals surface area contributed by atoms with Crippen molar-refractivity contribution in [2.75, 3.05) is 6.54 Å². The summed E-state index contributed by atoms with van der Waals surface area (Å²) in [6, 6.07) is 9.39. The molecular formula is C19H27NS. The highest BCUT2D eigenvalue weighted by atomic mass is 32.1. The van der Waals surface area contributed by atoms with E-state index in [-0.39, 0.29) is 0 Å². The summed E-state index contributed by atoms with van der Waals surface area (Å²) in [4.78, 5) is 0. The zero-order chi connectivity index (χ0) is 14.8. The van der Waals surface area contributed by atoms with Crippen LogP contribution in [0.15, 0.2) is 29.6 Å². The molecule has 2 aromatic rings. The molecule has 0 bridgehead atoms. The molecular weight excluding hydrogens is 274 g/mol. The Bertz CT molecular complexity index is 578. The van der Waals surface area contributed by atoms with Crippen LogP contribution in [0.5, 0.6) is 0 Å². The van der Waals surface area contributed by atoms with E-state index in [1.54, 1.807) is 0 Å². The Labute approximate surface area is 132 Å². The summed E-state index contributed by atoms with van der Waals surface area (Å²) in [5.74, 6) is 2.51. The molecule has 3 atom stereocenters. The van der Waals surface area contributed by atoms with Gasteiger partial charge in [-0.2, -0.15) is 0 Å². The highest BCUT2D eigenvalue weighted by molar-refractivity contribution is 7.17. The third kappa shape index (κ3) is 3.17. The van der Waals surface area contributed by atoms with E-state index in [1.807, 2.05) is 11.3 Å². The number of fused-ring (bicyclic) bond motifs is 1. The molecule has 2 heteroatoms. The molecule has 0 aliphatic heterocycles. The molecule has 1 aliphatic carbocycles. The fraction of sp³-hybridized carbons (Fsp3) is 0.579. The van der Waals surface area contributed by atoms with E-state index in [4.69, 9.17) is 0 Å². The van der Waals surface area contributed by atoms with Gasteiger partial charge in [-0.15, -0.1) is 11.3 Å². The Morgan fingerprint density at radius 3 is 2.57 bits per heavy atom. The van der Waals surface area contributed by atoms with E-state index in [0.717, 1.165) is 24.3 Å². The fourth-order valence-corrected chi connectivity index (χ4v) is 5.27. The van der Waals surface area contributed by atoms with Crippen LogP contribution in [0.3, 0.4) is 0 Å². The molecule has 1 heterocycles. The number of nitrogens with one attached hydrogen (secondary N) is 1. The van der Waals surface area contributed by atoms with Gasteiger partial charge in [0, 0.05) is 10.7 Å². The van der Waals surface area contributed by atoms with E-state index in [1.165, 1.54) is 34.9 Å².